The Morgan fingerprint density at radius 3 is 2.74 bits per heavy atom. The summed E-state index contributed by atoms with van der Waals surface area (Å²) in [7, 11) is 0. The summed E-state index contributed by atoms with van der Waals surface area (Å²) in [5, 5.41) is 13.5. The topological polar surface area (TPSA) is 72.2 Å². The molecule has 0 atom stereocenters. The number of hydrogen-bond donors (Lipinski definition) is 1. The van der Waals surface area contributed by atoms with Crippen LogP contribution in [0.2, 0.25) is 0 Å². The van der Waals surface area contributed by atoms with Crippen LogP contribution >= 0.6 is 15.9 Å². The molecule has 0 unspecified atom stereocenters. The first-order valence-electron chi connectivity index (χ1n) is 7.01. The average molecular weight is 375 g/mol. The van der Waals surface area contributed by atoms with E-state index >= 15 is 0 Å². The van der Waals surface area contributed by atoms with E-state index in [1.54, 1.807) is 12.1 Å². The Labute approximate surface area is 142 Å². The Morgan fingerprint density at radius 1 is 1.30 bits per heavy atom. The molecule has 2 rings (SSSR count). The lowest BCUT2D eigenvalue weighted by Gasteiger charge is -2.06. The lowest BCUT2D eigenvalue weighted by molar-refractivity contribution is -0.384. The molecule has 0 aromatic heterocycles. The Hall–Kier alpha value is -2.47. The van der Waals surface area contributed by atoms with Gasteiger partial charge in [-0.1, -0.05) is 25.1 Å². The predicted molar refractivity (Wildman–Crippen MR) is 94.3 cm³/mol. The first-order chi connectivity index (χ1) is 11.0. The van der Waals surface area contributed by atoms with Gasteiger partial charge in [0.1, 0.15) is 0 Å². The Morgan fingerprint density at radius 2 is 2.09 bits per heavy atom. The first kappa shape index (κ1) is 16.9. The number of carbonyl (C=O) groups excluding carboxylic acids is 1. The van der Waals surface area contributed by atoms with Crippen molar-refractivity contribution in [2.45, 2.75) is 13.3 Å². The molecule has 118 valence electrons. The number of non-ortho nitro benzene ring substituents is 1. The van der Waals surface area contributed by atoms with Crippen LogP contribution in [-0.2, 0) is 11.2 Å². The molecule has 5 nitrogen and oxygen atoms in total. The zero-order chi connectivity index (χ0) is 16.8. The maximum Gasteiger partial charge on any atom is 0.270 e. The number of aryl methyl sites for hydroxylation is 1. The van der Waals surface area contributed by atoms with Crippen LogP contribution in [0, 0.1) is 10.1 Å². The van der Waals surface area contributed by atoms with Gasteiger partial charge in [-0.05, 0) is 51.7 Å². The van der Waals surface area contributed by atoms with Crippen molar-refractivity contribution in [1.82, 2.24) is 0 Å². The monoisotopic (exact) mass is 374 g/mol. The van der Waals surface area contributed by atoms with E-state index in [4.69, 9.17) is 0 Å². The minimum atomic E-state index is -0.468. The Kier molecular flexibility index (Phi) is 5.65. The predicted octanol–water partition coefficient (Wildman–Crippen LogP) is 4.57. The minimum Gasteiger partial charge on any atom is -0.321 e. The maximum atomic E-state index is 12.0. The molecule has 0 aliphatic rings. The SMILES string of the molecule is CCc1ccc(NC(=O)/C=C/c2cccc([N+](=O)[O-])c2)c(Br)c1. The first-order valence-corrected chi connectivity index (χ1v) is 7.81. The van der Waals surface area contributed by atoms with Gasteiger partial charge in [-0.2, -0.15) is 0 Å². The van der Waals surface area contributed by atoms with E-state index in [0.717, 1.165) is 10.9 Å². The summed E-state index contributed by atoms with van der Waals surface area (Å²) in [6, 6.07) is 11.8. The van der Waals surface area contributed by atoms with Gasteiger partial charge in [0.2, 0.25) is 5.91 Å². The second kappa shape index (κ2) is 7.69. The van der Waals surface area contributed by atoms with E-state index in [2.05, 4.69) is 28.2 Å². The summed E-state index contributed by atoms with van der Waals surface area (Å²) in [4.78, 5) is 22.2. The number of nitro groups is 1. The molecule has 0 saturated carbocycles. The number of nitro benzene ring substituents is 1. The van der Waals surface area contributed by atoms with E-state index in [9.17, 15) is 14.9 Å². The van der Waals surface area contributed by atoms with Crippen molar-refractivity contribution in [3.63, 3.8) is 0 Å². The molecular weight excluding hydrogens is 360 g/mol. The fourth-order valence-corrected chi connectivity index (χ4v) is 2.49. The van der Waals surface area contributed by atoms with E-state index < -0.39 is 4.92 Å². The van der Waals surface area contributed by atoms with Gasteiger partial charge in [-0.25, -0.2) is 0 Å². The number of halogens is 1. The summed E-state index contributed by atoms with van der Waals surface area (Å²) in [6.07, 6.45) is 3.80. The number of nitrogens with one attached hydrogen (secondary N) is 1. The summed E-state index contributed by atoms with van der Waals surface area (Å²) < 4.78 is 0.814. The van der Waals surface area contributed by atoms with Crippen LogP contribution in [0.25, 0.3) is 6.08 Å². The van der Waals surface area contributed by atoms with Gasteiger partial charge >= 0.3 is 0 Å². The molecule has 2 aromatic carbocycles. The molecule has 0 fully saturated rings. The van der Waals surface area contributed by atoms with E-state index in [1.807, 2.05) is 18.2 Å². The van der Waals surface area contributed by atoms with Crippen LogP contribution in [0.15, 0.2) is 53.0 Å². The highest BCUT2D eigenvalue weighted by Gasteiger charge is 2.05. The minimum absolute atomic E-state index is 0.00884. The number of benzene rings is 2. The van der Waals surface area contributed by atoms with Crippen LogP contribution in [-0.4, -0.2) is 10.8 Å². The van der Waals surface area contributed by atoms with Crippen molar-refractivity contribution >= 4 is 39.3 Å². The molecule has 0 bridgehead atoms. The van der Waals surface area contributed by atoms with Crippen LogP contribution < -0.4 is 5.32 Å². The highest BCUT2D eigenvalue weighted by atomic mass is 79.9. The lowest BCUT2D eigenvalue weighted by atomic mass is 10.1. The second-order valence-corrected chi connectivity index (χ2v) is 5.70. The molecule has 0 spiro atoms. The van der Waals surface area contributed by atoms with Crippen molar-refractivity contribution in [3.05, 3.63) is 74.3 Å². The fraction of sp³-hybridized carbons (Fsp3) is 0.118. The third-order valence-electron chi connectivity index (χ3n) is 3.21. The third-order valence-corrected chi connectivity index (χ3v) is 3.86. The number of carbonyl (C=O) groups is 1. The fourth-order valence-electron chi connectivity index (χ4n) is 1.97. The van der Waals surface area contributed by atoms with E-state index in [0.29, 0.717) is 11.3 Å². The standard InChI is InChI=1S/C17H15BrN2O3/c1-2-12-6-8-16(15(18)11-12)19-17(21)9-7-13-4-3-5-14(10-13)20(22)23/h3-11H,2H2,1H3,(H,19,21)/b9-7+. The Balaban J connectivity index is 2.07. The lowest BCUT2D eigenvalue weighted by Crippen LogP contribution is -2.08. The molecule has 0 aliphatic carbocycles. The van der Waals surface area contributed by atoms with Gasteiger partial charge < -0.3 is 5.32 Å². The summed E-state index contributed by atoms with van der Waals surface area (Å²) in [6.45, 7) is 2.06. The van der Waals surface area contributed by atoms with Gasteiger partial charge in [0.25, 0.3) is 5.69 Å². The molecule has 0 radical (unpaired) electrons. The van der Waals surface area contributed by atoms with Crippen molar-refractivity contribution in [3.8, 4) is 0 Å². The maximum absolute atomic E-state index is 12.0. The number of anilines is 1. The molecular formula is C17H15BrN2O3. The number of rotatable bonds is 5. The zero-order valence-electron chi connectivity index (χ0n) is 12.5. The van der Waals surface area contributed by atoms with Gasteiger partial charge in [-0.3, -0.25) is 14.9 Å². The molecule has 6 heteroatoms. The van der Waals surface area contributed by atoms with Gasteiger partial charge in [0.05, 0.1) is 10.6 Å². The van der Waals surface area contributed by atoms with Crippen LogP contribution in [0.3, 0.4) is 0 Å². The smallest absolute Gasteiger partial charge is 0.270 e. The van der Waals surface area contributed by atoms with Crippen molar-refractivity contribution < 1.29 is 9.72 Å². The van der Waals surface area contributed by atoms with Crippen LogP contribution in [0.5, 0.6) is 0 Å². The Bertz CT molecular complexity index is 772. The van der Waals surface area contributed by atoms with Crippen LogP contribution in [0.1, 0.15) is 18.1 Å². The van der Waals surface area contributed by atoms with E-state index in [-0.39, 0.29) is 11.6 Å². The summed E-state index contributed by atoms with van der Waals surface area (Å²) in [5.41, 5.74) is 2.43. The number of hydrogen-bond acceptors (Lipinski definition) is 3. The molecule has 1 amide bonds. The largest absolute Gasteiger partial charge is 0.321 e. The molecule has 2 aromatic rings. The quantitative estimate of drug-likeness (QED) is 0.473. The number of amides is 1. The zero-order valence-corrected chi connectivity index (χ0v) is 14.0. The molecule has 0 aliphatic heterocycles. The van der Waals surface area contributed by atoms with Crippen LogP contribution in [0.4, 0.5) is 11.4 Å². The molecule has 0 heterocycles. The average Bonchev–Trinajstić information content (AvgIpc) is 2.55. The second-order valence-electron chi connectivity index (χ2n) is 4.84. The van der Waals surface area contributed by atoms with Gasteiger partial charge in [0, 0.05) is 22.7 Å². The summed E-state index contributed by atoms with van der Waals surface area (Å²) in [5.74, 6) is -0.304. The highest BCUT2D eigenvalue weighted by Crippen LogP contribution is 2.24. The van der Waals surface area contributed by atoms with Crippen molar-refractivity contribution in [1.29, 1.82) is 0 Å². The van der Waals surface area contributed by atoms with E-state index in [1.165, 1.54) is 29.8 Å². The molecule has 0 saturated heterocycles. The molecule has 1 N–H and O–H groups in total. The summed E-state index contributed by atoms with van der Waals surface area (Å²) >= 11 is 3.42. The number of nitrogens with zero attached hydrogens (tertiary/aromatic N) is 1. The molecule has 23 heavy (non-hydrogen) atoms. The van der Waals surface area contributed by atoms with Gasteiger partial charge in [-0.15, -0.1) is 0 Å². The van der Waals surface area contributed by atoms with Gasteiger partial charge in [0.15, 0.2) is 0 Å². The van der Waals surface area contributed by atoms with Crippen molar-refractivity contribution in [2.75, 3.05) is 5.32 Å². The normalized spacial score (nSPS) is 10.7. The van der Waals surface area contributed by atoms with Crippen molar-refractivity contribution in [2.24, 2.45) is 0 Å². The third kappa shape index (κ3) is 4.75. The highest BCUT2D eigenvalue weighted by molar-refractivity contribution is 9.10.